The fourth-order valence-corrected chi connectivity index (χ4v) is 2.92. The van der Waals surface area contributed by atoms with Crippen LogP contribution in [0.25, 0.3) is 0 Å². The Kier molecular flexibility index (Phi) is 6.52. The highest BCUT2D eigenvalue weighted by Crippen LogP contribution is 2.12. The van der Waals surface area contributed by atoms with Gasteiger partial charge in [-0.15, -0.1) is 0 Å². The van der Waals surface area contributed by atoms with E-state index in [9.17, 15) is 4.79 Å². The normalized spacial score (nSPS) is 10.7. The number of aromatic nitrogens is 1. The maximum atomic E-state index is 12.5. The van der Waals surface area contributed by atoms with E-state index in [4.69, 9.17) is 0 Å². The van der Waals surface area contributed by atoms with Gasteiger partial charge in [-0.3, -0.25) is 9.69 Å². The Balaban J connectivity index is 1.67. The molecule has 0 fully saturated rings. The molecule has 0 saturated carbocycles. The van der Waals surface area contributed by atoms with Crippen LogP contribution in [0.15, 0.2) is 83.5 Å². The lowest BCUT2D eigenvalue weighted by Gasteiger charge is -2.22. The van der Waals surface area contributed by atoms with Crippen molar-refractivity contribution in [1.82, 2.24) is 9.88 Å². The van der Waals surface area contributed by atoms with Gasteiger partial charge in [-0.2, -0.15) is 0 Å². The van der Waals surface area contributed by atoms with Crippen molar-refractivity contribution >= 4 is 27.7 Å². The van der Waals surface area contributed by atoms with Crippen molar-refractivity contribution in [3.05, 3.63) is 94.6 Å². The van der Waals surface area contributed by atoms with Gasteiger partial charge in [0.1, 0.15) is 5.82 Å². The highest BCUT2D eigenvalue weighted by Gasteiger charge is 2.13. The van der Waals surface area contributed by atoms with Gasteiger partial charge in [-0.1, -0.05) is 60.7 Å². The van der Waals surface area contributed by atoms with Crippen molar-refractivity contribution in [2.24, 2.45) is 0 Å². The highest BCUT2D eigenvalue weighted by molar-refractivity contribution is 9.10. The maximum Gasteiger partial charge on any atom is 0.239 e. The molecule has 26 heavy (non-hydrogen) atoms. The molecule has 2 aromatic carbocycles. The Morgan fingerprint density at radius 1 is 0.885 bits per heavy atom. The average molecular weight is 410 g/mol. The second-order valence-corrected chi connectivity index (χ2v) is 6.94. The molecule has 0 spiro atoms. The quantitative estimate of drug-likeness (QED) is 0.625. The topological polar surface area (TPSA) is 45.2 Å². The van der Waals surface area contributed by atoms with Crippen molar-refractivity contribution in [3.63, 3.8) is 0 Å². The van der Waals surface area contributed by atoms with E-state index in [-0.39, 0.29) is 5.91 Å². The van der Waals surface area contributed by atoms with E-state index >= 15 is 0 Å². The molecule has 0 saturated heterocycles. The standard InChI is InChI=1S/C21H20BrN3O/c22-19-11-12-20(23-13-19)24-21(26)16-25(14-17-7-3-1-4-8-17)15-18-9-5-2-6-10-18/h1-13H,14-16H2,(H,23,24,26). The first-order valence-electron chi connectivity index (χ1n) is 8.40. The number of carbonyl (C=O) groups excluding carboxylic acids is 1. The van der Waals surface area contributed by atoms with Crippen molar-refractivity contribution in [1.29, 1.82) is 0 Å². The third-order valence-electron chi connectivity index (χ3n) is 3.86. The first-order valence-corrected chi connectivity index (χ1v) is 9.20. The van der Waals surface area contributed by atoms with Crippen LogP contribution in [0.1, 0.15) is 11.1 Å². The Bertz CT molecular complexity index is 781. The van der Waals surface area contributed by atoms with Crippen molar-refractivity contribution in [2.75, 3.05) is 11.9 Å². The molecule has 0 aliphatic heterocycles. The largest absolute Gasteiger partial charge is 0.310 e. The van der Waals surface area contributed by atoms with Gasteiger partial charge < -0.3 is 5.32 Å². The highest BCUT2D eigenvalue weighted by atomic mass is 79.9. The van der Waals surface area contributed by atoms with E-state index in [1.54, 1.807) is 12.3 Å². The van der Waals surface area contributed by atoms with Crippen LogP contribution in [0.5, 0.6) is 0 Å². The summed E-state index contributed by atoms with van der Waals surface area (Å²) in [6, 6.07) is 24.0. The van der Waals surface area contributed by atoms with E-state index in [1.807, 2.05) is 42.5 Å². The zero-order chi connectivity index (χ0) is 18.2. The van der Waals surface area contributed by atoms with Crippen LogP contribution in [0.3, 0.4) is 0 Å². The molecular formula is C21H20BrN3O. The third kappa shape index (κ3) is 5.79. The van der Waals surface area contributed by atoms with Crippen LogP contribution < -0.4 is 5.32 Å². The van der Waals surface area contributed by atoms with Gasteiger partial charge in [0, 0.05) is 23.8 Å². The Hall–Kier alpha value is -2.50. The molecule has 5 heteroatoms. The van der Waals surface area contributed by atoms with Gasteiger partial charge in [0.15, 0.2) is 0 Å². The number of amides is 1. The summed E-state index contributed by atoms with van der Waals surface area (Å²) in [4.78, 5) is 18.8. The Labute approximate surface area is 162 Å². The molecule has 1 aromatic heterocycles. The molecule has 132 valence electrons. The van der Waals surface area contributed by atoms with Gasteiger partial charge in [0.25, 0.3) is 0 Å². The SMILES string of the molecule is O=C(CN(Cc1ccccc1)Cc1ccccc1)Nc1ccc(Br)cn1. The third-order valence-corrected chi connectivity index (χ3v) is 4.33. The lowest BCUT2D eigenvalue weighted by atomic mass is 10.1. The second-order valence-electron chi connectivity index (χ2n) is 6.03. The minimum atomic E-state index is -0.0771. The van der Waals surface area contributed by atoms with E-state index < -0.39 is 0 Å². The molecule has 0 radical (unpaired) electrons. The number of anilines is 1. The zero-order valence-electron chi connectivity index (χ0n) is 14.3. The average Bonchev–Trinajstić information content (AvgIpc) is 2.65. The molecule has 0 aliphatic carbocycles. The van der Waals surface area contributed by atoms with Crippen LogP contribution in [0, 0.1) is 0 Å². The summed E-state index contributed by atoms with van der Waals surface area (Å²) < 4.78 is 0.880. The number of hydrogen-bond donors (Lipinski definition) is 1. The molecule has 1 N–H and O–H groups in total. The van der Waals surface area contributed by atoms with Crippen LogP contribution in [0.2, 0.25) is 0 Å². The van der Waals surface area contributed by atoms with Crippen molar-refractivity contribution < 1.29 is 4.79 Å². The summed E-state index contributed by atoms with van der Waals surface area (Å²) in [5.74, 6) is 0.476. The summed E-state index contributed by atoms with van der Waals surface area (Å²) >= 11 is 3.34. The lowest BCUT2D eigenvalue weighted by Crippen LogP contribution is -2.32. The number of rotatable bonds is 7. The van der Waals surface area contributed by atoms with Gasteiger partial charge in [0.2, 0.25) is 5.91 Å². The molecule has 0 aliphatic rings. The van der Waals surface area contributed by atoms with E-state index in [0.717, 1.165) is 4.47 Å². The minimum Gasteiger partial charge on any atom is -0.310 e. The predicted molar refractivity (Wildman–Crippen MR) is 108 cm³/mol. The van der Waals surface area contributed by atoms with Crippen LogP contribution in [0.4, 0.5) is 5.82 Å². The Morgan fingerprint density at radius 2 is 1.46 bits per heavy atom. The summed E-state index contributed by atoms with van der Waals surface area (Å²) in [7, 11) is 0. The number of carbonyl (C=O) groups is 1. The van der Waals surface area contributed by atoms with Gasteiger partial charge in [-0.05, 0) is 39.2 Å². The first kappa shape index (κ1) is 18.3. The summed E-state index contributed by atoms with van der Waals surface area (Å²) in [5, 5.41) is 2.86. The number of pyridine rings is 1. The predicted octanol–water partition coefficient (Wildman–Crippen LogP) is 4.49. The lowest BCUT2D eigenvalue weighted by molar-refractivity contribution is -0.117. The minimum absolute atomic E-state index is 0.0771. The number of halogens is 1. The summed E-state index contributed by atoms with van der Waals surface area (Å²) in [6.45, 7) is 1.70. The van der Waals surface area contributed by atoms with Crippen molar-refractivity contribution in [3.8, 4) is 0 Å². The summed E-state index contributed by atoms with van der Waals surface area (Å²) in [6.07, 6.45) is 1.67. The molecule has 1 amide bonds. The number of hydrogen-bond acceptors (Lipinski definition) is 3. The van der Waals surface area contributed by atoms with Gasteiger partial charge in [0.05, 0.1) is 6.54 Å². The molecule has 3 rings (SSSR count). The van der Waals surface area contributed by atoms with Gasteiger partial charge in [-0.25, -0.2) is 4.98 Å². The monoisotopic (exact) mass is 409 g/mol. The smallest absolute Gasteiger partial charge is 0.239 e. The molecule has 0 unspecified atom stereocenters. The number of nitrogens with one attached hydrogen (secondary N) is 1. The molecule has 4 nitrogen and oxygen atoms in total. The van der Waals surface area contributed by atoms with Crippen molar-refractivity contribution in [2.45, 2.75) is 13.1 Å². The van der Waals surface area contributed by atoms with Crippen LogP contribution >= 0.6 is 15.9 Å². The zero-order valence-corrected chi connectivity index (χ0v) is 15.9. The van der Waals surface area contributed by atoms with Crippen LogP contribution in [-0.4, -0.2) is 22.3 Å². The molecule has 3 aromatic rings. The fraction of sp³-hybridized carbons (Fsp3) is 0.143. The molecule has 0 atom stereocenters. The van der Waals surface area contributed by atoms with Gasteiger partial charge >= 0.3 is 0 Å². The summed E-state index contributed by atoms with van der Waals surface area (Å²) in [5.41, 5.74) is 2.36. The van der Waals surface area contributed by atoms with E-state index in [2.05, 4.69) is 55.4 Å². The first-order chi connectivity index (χ1) is 12.7. The molecular weight excluding hydrogens is 390 g/mol. The second kappa shape index (κ2) is 9.27. The van der Waals surface area contributed by atoms with Crippen LogP contribution in [-0.2, 0) is 17.9 Å². The van der Waals surface area contributed by atoms with E-state index in [0.29, 0.717) is 25.5 Å². The maximum absolute atomic E-state index is 12.5. The number of nitrogens with zero attached hydrogens (tertiary/aromatic N) is 2. The number of benzene rings is 2. The molecule has 0 bridgehead atoms. The fourth-order valence-electron chi connectivity index (χ4n) is 2.69. The van der Waals surface area contributed by atoms with E-state index in [1.165, 1.54) is 11.1 Å². The molecule has 1 heterocycles. The Morgan fingerprint density at radius 3 is 1.96 bits per heavy atom.